The van der Waals surface area contributed by atoms with Gasteiger partial charge in [0, 0.05) is 25.3 Å². The normalized spacial score (nSPS) is 17.7. The van der Waals surface area contributed by atoms with Crippen molar-refractivity contribution in [3.8, 4) is 0 Å². The summed E-state index contributed by atoms with van der Waals surface area (Å²) in [6.07, 6.45) is 1.68. The van der Waals surface area contributed by atoms with Gasteiger partial charge in [0.2, 0.25) is 10.0 Å². The van der Waals surface area contributed by atoms with E-state index in [1.54, 1.807) is 10.4 Å². The number of hydrogen-bond donors (Lipinski definition) is 2. The Morgan fingerprint density at radius 2 is 1.76 bits per heavy atom. The highest BCUT2D eigenvalue weighted by Crippen LogP contribution is 2.26. The Hall–Kier alpha value is -2.38. The van der Waals surface area contributed by atoms with Crippen molar-refractivity contribution in [3.63, 3.8) is 0 Å². The Morgan fingerprint density at radius 3 is 2.48 bits per heavy atom. The van der Waals surface area contributed by atoms with E-state index in [9.17, 15) is 13.2 Å². The molecule has 2 amide bonds. The second kappa shape index (κ2) is 8.97. The molecule has 156 valence electrons. The lowest BCUT2D eigenvalue weighted by Gasteiger charge is -2.32. The minimum absolute atomic E-state index is 0.0902. The molecule has 7 heteroatoms. The van der Waals surface area contributed by atoms with Crippen LogP contribution >= 0.6 is 0 Å². The summed E-state index contributed by atoms with van der Waals surface area (Å²) in [6.45, 7) is 7.09. The van der Waals surface area contributed by atoms with Crippen molar-refractivity contribution in [2.45, 2.75) is 38.5 Å². The summed E-state index contributed by atoms with van der Waals surface area (Å²) < 4.78 is 27.8. The largest absolute Gasteiger partial charge is 0.338 e. The van der Waals surface area contributed by atoms with Crippen LogP contribution in [0.3, 0.4) is 0 Å². The fraction of sp³-hybridized carbons (Fsp3) is 0.409. The van der Waals surface area contributed by atoms with Crippen LogP contribution in [0.25, 0.3) is 0 Å². The van der Waals surface area contributed by atoms with Gasteiger partial charge >= 0.3 is 6.03 Å². The van der Waals surface area contributed by atoms with Crippen LogP contribution in [0.5, 0.6) is 0 Å². The van der Waals surface area contributed by atoms with Crippen molar-refractivity contribution >= 4 is 21.7 Å². The van der Waals surface area contributed by atoms with Gasteiger partial charge in [-0.15, -0.1) is 0 Å². The Bertz CT molecular complexity index is 971. The Morgan fingerprint density at radius 1 is 1.07 bits per heavy atom. The molecule has 6 nitrogen and oxygen atoms in total. The quantitative estimate of drug-likeness (QED) is 0.779. The van der Waals surface area contributed by atoms with E-state index in [1.807, 2.05) is 57.2 Å². The maximum absolute atomic E-state index is 13.1. The molecule has 0 bridgehead atoms. The smallest absolute Gasteiger partial charge is 0.319 e. The van der Waals surface area contributed by atoms with Crippen molar-refractivity contribution in [3.05, 3.63) is 59.2 Å². The molecule has 2 aromatic carbocycles. The molecule has 1 aliphatic heterocycles. The van der Waals surface area contributed by atoms with Gasteiger partial charge < -0.3 is 10.6 Å². The Kier molecular flexibility index (Phi) is 6.59. The molecule has 1 fully saturated rings. The predicted octanol–water partition coefficient (Wildman–Crippen LogP) is 3.83. The Balaban J connectivity index is 1.59. The molecule has 1 saturated heterocycles. The van der Waals surface area contributed by atoms with Crippen LogP contribution in [0.15, 0.2) is 47.4 Å². The summed E-state index contributed by atoms with van der Waals surface area (Å²) >= 11 is 0. The van der Waals surface area contributed by atoms with Crippen LogP contribution < -0.4 is 10.6 Å². The SMILES string of the molecule is Cc1ccc(NC(=O)NCC2CCCN(S(=O)(=O)c3cc(C)ccc3C)C2)cc1. The average molecular weight is 416 g/mol. The number of amides is 2. The lowest BCUT2D eigenvalue weighted by molar-refractivity contribution is 0.238. The summed E-state index contributed by atoms with van der Waals surface area (Å²) in [5.41, 5.74) is 3.55. The van der Waals surface area contributed by atoms with Crippen LogP contribution in [0.2, 0.25) is 0 Å². The van der Waals surface area contributed by atoms with E-state index < -0.39 is 10.0 Å². The molecule has 0 spiro atoms. The summed E-state index contributed by atoms with van der Waals surface area (Å²) in [6, 6.07) is 12.8. The van der Waals surface area contributed by atoms with Gasteiger partial charge in [-0.05, 0) is 68.9 Å². The second-order valence-electron chi connectivity index (χ2n) is 7.84. The summed E-state index contributed by atoms with van der Waals surface area (Å²) in [4.78, 5) is 12.5. The van der Waals surface area contributed by atoms with E-state index in [1.165, 1.54) is 0 Å². The molecule has 1 heterocycles. The minimum Gasteiger partial charge on any atom is -0.338 e. The monoisotopic (exact) mass is 415 g/mol. The first-order valence-corrected chi connectivity index (χ1v) is 11.4. The van der Waals surface area contributed by atoms with Crippen molar-refractivity contribution in [1.29, 1.82) is 0 Å². The first-order chi connectivity index (χ1) is 13.8. The highest BCUT2D eigenvalue weighted by Gasteiger charge is 2.31. The fourth-order valence-electron chi connectivity index (χ4n) is 3.59. The molecule has 2 N–H and O–H groups in total. The number of nitrogens with zero attached hydrogens (tertiary/aromatic N) is 1. The number of rotatable bonds is 5. The summed E-state index contributed by atoms with van der Waals surface area (Å²) in [7, 11) is -3.53. The number of anilines is 1. The predicted molar refractivity (Wildman–Crippen MR) is 116 cm³/mol. The van der Waals surface area contributed by atoms with Crippen LogP contribution in [-0.2, 0) is 10.0 Å². The van der Waals surface area contributed by atoms with E-state index in [-0.39, 0.29) is 11.9 Å². The molecule has 0 aliphatic carbocycles. The van der Waals surface area contributed by atoms with E-state index >= 15 is 0 Å². The van der Waals surface area contributed by atoms with E-state index in [2.05, 4.69) is 10.6 Å². The van der Waals surface area contributed by atoms with Crippen molar-refractivity contribution in [2.75, 3.05) is 25.0 Å². The zero-order valence-electron chi connectivity index (χ0n) is 17.2. The molecular formula is C22H29N3O3S. The van der Waals surface area contributed by atoms with Crippen LogP contribution in [0.4, 0.5) is 10.5 Å². The number of urea groups is 1. The van der Waals surface area contributed by atoms with E-state index in [0.29, 0.717) is 24.5 Å². The van der Waals surface area contributed by atoms with E-state index in [4.69, 9.17) is 0 Å². The highest BCUT2D eigenvalue weighted by atomic mass is 32.2. The first-order valence-electron chi connectivity index (χ1n) is 9.94. The third kappa shape index (κ3) is 5.36. The lowest BCUT2D eigenvalue weighted by Crippen LogP contribution is -2.44. The molecule has 1 unspecified atom stereocenters. The van der Waals surface area contributed by atoms with Crippen LogP contribution in [0.1, 0.15) is 29.5 Å². The van der Waals surface area contributed by atoms with Crippen molar-refractivity contribution < 1.29 is 13.2 Å². The maximum Gasteiger partial charge on any atom is 0.319 e. The van der Waals surface area contributed by atoms with Gasteiger partial charge in [0.25, 0.3) is 0 Å². The molecule has 0 saturated carbocycles. The zero-order chi connectivity index (χ0) is 21.0. The summed E-state index contributed by atoms with van der Waals surface area (Å²) in [5, 5.41) is 5.68. The van der Waals surface area contributed by atoms with Crippen LogP contribution in [-0.4, -0.2) is 38.4 Å². The number of carbonyl (C=O) groups excluding carboxylic acids is 1. The Labute approximate surface area is 173 Å². The third-order valence-electron chi connectivity index (χ3n) is 5.30. The number of piperidine rings is 1. The number of benzene rings is 2. The van der Waals surface area contributed by atoms with Gasteiger partial charge in [-0.1, -0.05) is 29.8 Å². The summed E-state index contributed by atoms with van der Waals surface area (Å²) in [5.74, 6) is 0.0902. The molecular weight excluding hydrogens is 386 g/mol. The molecule has 3 rings (SSSR count). The number of nitrogens with one attached hydrogen (secondary N) is 2. The van der Waals surface area contributed by atoms with Gasteiger partial charge in [-0.3, -0.25) is 0 Å². The molecule has 1 aliphatic rings. The average Bonchev–Trinajstić information content (AvgIpc) is 2.70. The van der Waals surface area contributed by atoms with Gasteiger partial charge in [-0.2, -0.15) is 4.31 Å². The number of hydrogen-bond acceptors (Lipinski definition) is 3. The first kappa shape index (κ1) is 21.3. The standard InChI is InChI=1S/C22H29N3O3S/c1-16-7-10-20(11-8-16)24-22(26)23-14-19-5-4-12-25(15-19)29(27,28)21-13-17(2)6-9-18(21)3/h6-11,13,19H,4-5,12,14-15H2,1-3H3,(H2,23,24,26). The fourth-order valence-corrected chi connectivity index (χ4v) is 5.45. The van der Waals surface area contributed by atoms with Gasteiger partial charge in [0.1, 0.15) is 0 Å². The number of carbonyl (C=O) groups is 1. The lowest BCUT2D eigenvalue weighted by atomic mass is 10.00. The second-order valence-corrected chi connectivity index (χ2v) is 9.75. The maximum atomic E-state index is 13.1. The topological polar surface area (TPSA) is 78.5 Å². The molecule has 1 atom stereocenters. The third-order valence-corrected chi connectivity index (χ3v) is 7.31. The minimum atomic E-state index is -3.53. The molecule has 0 radical (unpaired) electrons. The number of aryl methyl sites for hydroxylation is 3. The van der Waals surface area contributed by atoms with E-state index in [0.717, 1.165) is 35.2 Å². The zero-order valence-corrected chi connectivity index (χ0v) is 18.1. The van der Waals surface area contributed by atoms with Crippen molar-refractivity contribution in [2.24, 2.45) is 5.92 Å². The molecule has 2 aromatic rings. The number of sulfonamides is 1. The van der Waals surface area contributed by atoms with Gasteiger partial charge in [-0.25, -0.2) is 13.2 Å². The molecule has 0 aromatic heterocycles. The highest BCUT2D eigenvalue weighted by molar-refractivity contribution is 7.89. The molecule has 29 heavy (non-hydrogen) atoms. The van der Waals surface area contributed by atoms with Gasteiger partial charge in [0.15, 0.2) is 0 Å². The van der Waals surface area contributed by atoms with Crippen LogP contribution in [0, 0.1) is 26.7 Å². The van der Waals surface area contributed by atoms with Gasteiger partial charge in [0.05, 0.1) is 4.90 Å². The van der Waals surface area contributed by atoms with Crippen molar-refractivity contribution in [1.82, 2.24) is 9.62 Å².